The van der Waals surface area contributed by atoms with E-state index in [0.717, 1.165) is 45.3 Å². The Morgan fingerprint density at radius 3 is 2.59 bits per heavy atom. The number of rotatable bonds is 2. The molecule has 2 heterocycles. The molecule has 124 valence electrons. The zero-order valence-corrected chi connectivity index (χ0v) is 13.8. The lowest BCUT2D eigenvalue weighted by atomic mass is 9.72. The molecule has 0 aromatic rings. The molecule has 7 nitrogen and oxygen atoms in total. The van der Waals surface area contributed by atoms with Crippen LogP contribution in [-0.2, 0) is 4.74 Å². The molecule has 2 fully saturated rings. The van der Waals surface area contributed by atoms with Gasteiger partial charge in [-0.3, -0.25) is 0 Å². The molecule has 2 rings (SSSR count). The van der Waals surface area contributed by atoms with Gasteiger partial charge in [-0.05, 0) is 57.4 Å². The highest BCUT2D eigenvalue weighted by atomic mass is 16.6. The molecule has 1 amide bonds. The molecule has 0 bridgehead atoms. The van der Waals surface area contributed by atoms with E-state index in [4.69, 9.17) is 10.3 Å². The number of azide groups is 1. The molecule has 0 radical (unpaired) electrons. The monoisotopic (exact) mass is 309 g/mol. The number of amides is 1. The van der Waals surface area contributed by atoms with Gasteiger partial charge in [0, 0.05) is 37.1 Å². The van der Waals surface area contributed by atoms with Crippen LogP contribution in [0.15, 0.2) is 5.11 Å². The fraction of sp³-hybridized carbons (Fsp3) is 0.933. The van der Waals surface area contributed by atoms with E-state index in [9.17, 15) is 4.79 Å². The first-order valence-electron chi connectivity index (χ1n) is 8.06. The minimum atomic E-state index is -0.437. The van der Waals surface area contributed by atoms with Crippen LogP contribution in [0.4, 0.5) is 4.79 Å². The number of likely N-dealkylation sites (tertiary alicyclic amines) is 1. The maximum absolute atomic E-state index is 12.1. The Hall–Kier alpha value is -1.46. The lowest BCUT2D eigenvalue weighted by molar-refractivity contribution is 0.00510. The van der Waals surface area contributed by atoms with Gasteiger partial charge in [-0.15, -0.1) is 0 Å². The summed E-state index contributed by atoms with van der Waals surface area (Å²) in [6, 6.07) is 0.297. The summed E-state index contributed by atoms with van der Waals surface area (Å²) in [7, 11) is 0. The largest absolute Gasteiger partial charge is 0.444 e. The van der Waals surface area contributed by atoms with Crippen LogP contribution in [0.5, 0.6) is 0 Å². The van der Waals surface area contributed by atoms with Gasteiger partial charge in [0.25, 0.3) is 0 Å². The first kappa shape index (κ1) is 16.9. The summed E-state index contributed by atoms with van der Waals surface area (Å²) >= 11 is 0. The van der Waals surface area contributed by atoms with E-state index in [1.54, 1.807) is 0 Å². The van der Waals surface area contributed by atoms with Crippen LogP contribution in [0.25, 0.3) is 10.4 Å². The van der Waals surface area contributed by atoms with E-state index >= 15 is 0 Å². The number of carbonyl (C=O) groups excluding carboxylic acids is 1. The lowest BCUT2D eigenvalue weighted by Crippen LogP contribution is -2.53. The second kappa shape index (κ2) is 6.75. The van der Waals surface area contributed by atoms with Crippen molar-refractivity contribution >= 4 is 6.09 Å². The topological polar surface area (TPSA) is 90.3 Å². The van der Waals surface area contributed by atoms with E-state index in [0.29, 0.717) is 12.6 Å². The molecule has 2 saturated heterocycles. The molecule has 0 aliphatic carbocycles. The van der Waals surface area contributed by atoms with Crippen molar-refractivity contribution in [3.05, 3.63) is 10.4 Å². The molecule has 2 aliphatic rings. The molecular formula is C15H27N5O2. The molecule has 0 aromatic carbocycles. The van der Waals surface area contributed by atoms with Crippen LogP contribution in [0, 0.1) is 5.41 Å². The number of nitrogens with one attached hydrogen (secondary N) is 1. The van der Waals surface area contributed by atoms with E-state index < -0.39 is 5.60 Å². The van der Waals surface area contributed by atoms with Gasteiger partial charge in [0.15, 0.2) is 0 Å². The molecule has 1 atom stereocenters. The average molecular weight is 309 g/mol. The van der Waals surface area contributed by atoms with Gasteiger partial charge in [-0.1, -0.05) is 5.11 Å². The summed E-state index contributed by atoms with van der Waals surface area (Å²) in [5, 5.41) is 7.14. The van der Waals surface area contributed by atoms with Gasteiger partial charge in [-0.25, -0.2) is 4.79 Å². The Morgan fingerprint density at radius 2 is 2.09 bits per heavy atom. The summed E-state index contributed by atoms with van der Waals surface area (Å²) in [6.45, 7) is 8.67. The standard InChI is InChI=1S/C15H27N5O2/c1-14(2,3)22-13(21)20-8-6-15(7-9-20)5-4-12(17-11-15)10-18-19-16/h12,17H,4-11H2,1-3H3. The van der Waals surface area contributed by atoms with Crippen molar-refractivity contribution in [2.45, 2.75) is 58.1 Å². The third-order valence-electron chi connectivity index (χ3n) is 4.63. The molecule has 0 aromatic heterocycles. The van der Waals surface area contributed by atoms with Gasteiger partial charge in [0.05, 0.1) is 0 Å². The summed E-state index contributed by atoms with van der Waals surface area (Å²) < 4.78 is 5.44. The summed E-state index contributed by atoms with van der Waals surface area (Å²) in [6.07, 6.45) is 3.98. The quantitative estimate of drug-likeness (QED) is 0.483. The van der Waals surface area contributed by atoms with E-state index in [1.807, 2.05) is 25.7 Å². The van der Waals surface area contributed by atoms with Gasteiger partial charge in [0.1, 0.15) is 5.60 Å². The highest BCUT2D eigenvalue weighted by Gasteiger charge is 2.39. The van der Waals surface area contributed by atoms with Crippen molar-refractivity contribution in [1.29, 1.82) is 0 Å². The molecule has 22 heavy (non-hydrogen) atoms. The van der Waals surface area contributed by atoms with Gasteiger partial charge >= 0.3 is 6.09 Å². The Bertz CT molecular complexity index is 435. The van der Waals surface area contributed by atoms with Crippen molar-refractivity contribution in [2.24, 2.45) is 10.5 Å². The van der Waals surface area contributed by atoms with Crippen LogP contribution in [-0.4, -0.2) is 48.8 Å². The van der Waals surface area contributed by atoms with Crippen LogP contribution < -0.4 is 5.32 Å². The van der Waals surface area contributed by atoms with Crippen molar-refractivity contribution in [3.63, 3.8) is 0 Å². The summed E-state index contributed by atoms with van der Waals surface area (Å²) in [4.78, 5) is 16.7. The number of nitrogens with zero attached hydrogens (tertiary/aromatic N) is 4. The average Bonchev–Trinajstić information content (AvgIpc) is 2.46. The normalized spacial score (nSPS) is 24.7. The number of ether oxygens (including phenoxy) is 1. The van der Waals surface area contributed by atoms with Crippen LogP contribution in [0.3, 0.4) is 0 Å². The summed E-state index contributed by atoms with van der Waals surface area (Å²) in [5.74, 6) is 0. The summed E-state index contributed by atoms with van der Waals surface area (Å²) in [5.41, 5.74) is 8.23. The molecule has 0 saturated carbocycles. The Morgan fingerprint density at radius 1 is 1.41 bits per heavy atom. The third kappa shape index (κ3) is 4.52. The van der Waals surface area contributed by atoms with Crippen molar-refractivity contribution in [2.75, 3.05) is 26.2 Å². The van der Waals surface area contributed by atoms with Crippen molar-refractivity contribution in [3.8, 4) is 0 Å². The predicted octanol–water partition coefficient (Wildman–Crippen LogP) is 3.07. The molecule has 1 unspecified atom stereocenters. The number of carbonyl (C=O) groups is 1. The smallest absolute Gasteiger partial charge is 0.410 e. The second-order valence-electron chi connectivity index (χ2n) is 7.50. The fourth-order valence-corrected chi connectivity index (χ4v) is 3.24. The lowest BCUT2D eigenvalue weighted by Gasteiger charge is -2.46. The number of piperidine rings is 2. The Labute approximate surface area is 132 Å². The molecule has 2 aliphatic heterocycles. The Balaban J connectivity index is 1.80. The molecule has 7 heteroatoms. The predicted molar refractivity (Wildman–Crippen MR) is 84.5 cm³/mol. The molecular weight excluding hydrogens is 282 g/mol. The number of hydrogen-bond acceptors (Lipinski definition) is 4. The van der Waals surface area contributed by atoms with Gasteiger partial charge < -0.3 is 15.0 Å². The van der Waals surface area contributed by atoms with Crippen LogP contribution >= 0.6 is 0 Å². The maximum Gasteiger partial charge on any atom is 0.410 e. The zero-order valence-electron chi connectivity index (χ0n) is 13.8. The van der Waals surface area contributed by atoms with E-state index in [2.05, 4.69) is 15.3 Å². The van der Waals surface area contributed by atoms with Crippen molar-refractivity contribution < 1.29 is 9.53 Å². The van der Waals surface area contributed by atoms with Crippen LogP contribution in [0.2, 0.25) is 0 Å². The van der Waals surface area contributed by atoms with Crippen molar-refractivity contribution in [1.82, 2.24) is 10.2 Å². The molecule has 1 spiro atoms. The second-order valence-corrected chi connectivity index (χ2v) is 7.50. The zero-order chi connectivity index (χ0) is 16.2. The Kier molecular flexibility index (Phi) is 5.19. The number of hydrogen-bond donors (Lipinski definition) is 1. The highest BCUT2D eigenvalue weighted by molar-refractivity contribution is 5.68. The third-order valence-corrected chi connectivity index (χ3v) is 4.63. The van der Waals surface area contributed by atoms with Gasteiger partial charge in [-0.2, -0.15) is 0 Å². The van der Waals surface area contributed by atoms with E-state index in [-0.39, 0.29) is 11.5 Å². The first-order chi connectivity index (χ1) is 10.3. The van der Waals surface area contributed by atoms with E-state index in [1.165, 1.54) is 0 Å². The first-order valence-corrected chi connectivity index (χ1v) is 8.06. The fourth-order valence-electron chi connectivity index (χ4n) is 3.24. The highest BCUT2D eigenvalue weighted by Crippen LogP contribution is 2.38. The minimum Gasteiger partial charge on any atom is -0.444 e. The minimum absolute atomic E-state index is 0.202. The van der Waals surface area contributed by atoms with Gasteiger partial charge in [0.2, 0.25) is 0 Å². The maximum atomic E-state index is 12.1. The SMILES string of the molecule is CC(C)(C)OC(=O)N1CCC2(CCC(CN=[N+]=[N-])NC2)CC1. The van der Waals surface area contributed by atoms with Crippen LogP contribution in [0.1, 0.15) is 46.5 Å². The molecule has 1 N–H and O–H groups in total.